The van der Waals surface area contributed by atoms with Crippen molar-refractivity contribution in [3.8, 4) is 5.75 Å². The lowest BCUT2D eigenvalue weighted by Gasteiger charge is -2.12. The Hall–Kier alpha value is -1.55. The van der Waals surface area contributed by atoms with Crippen LogP contribution < -0.4 is 15.4 Å². The molecular weight excluding hydrogens is 252 g/mol. The number of hydrogen-bond acceptors (Lipinski definition) is 3. The lowest BCUT2D eigenvalue weighted by atomic mass is 10.0. The molecular formula is C16H26N2O2. The van der Waals surface area contributed by atoms with E-state index < -0.39 is 0 Å². The van der Waals surface area contributed by atoms with Gasteiger partial charge in [0.15, 0.2) is 0 Å². The Morgan fingerprint density at radius 1 is 1.20 bits per heavy atom. The first-order valence-corrected chi connectivity index (χ1v) is 7.19. The van der Waals surface area contributed by atoms with E-state index in [1.807, 2.05) is 26.1 Å². The van der Waals surface area contributed by atoms with E-state index in [-0.39, 0.29) is 11.8 Å². The number of ether oxygens (including phenoxy) is 1. The largest absolute Gasteiger partial charge is 0.492 e. The molecule has 1 atom stereocenters. The fourth-order valence-electron chi connectivity index (χ4n) is 1.87. The predicted molar refractivity (Wildman–Crippen MR) is 82.1 cm³/mol. The highest BCUT2D eigenvalue weighted by atomic mass is 16.5. The highest BCUT2D eigenvalue weighted by molar-refractivity contribution is 5.78. The van der Waals surface area contributed by atoms with E-state index in [0.29, 0.717) is 25.6 Å². The number of carbonyl (C=O) groups is 1. The zero-order valence-corrected chi connectivity index (χ0v) is 12.9. The van der Waals surface area contributed by atoms with Gasteiger partial charge in [-0.3, -0.25) is 4.79 Å². The summed E-state index contributed by atoms with van der Waals surface area (Å²) in [6.45, 7) is 7.92. The van der Waals surface area contributed by atoms with Gasteiger partial charge < -0.3 is 15.4 Å². The highest BCUT2D eigenvalue weighted by Crippen LogP contribution is 2.18. The van der Waals surface area contributed by atoms with Crippen molar-refractivity contribution in [3.05, 3.63) is 29.8 Å². The van der Waals surface area contributed by atoms with Crippen LogP contribution in [0.3, 0.4) is 0 Å². The second-order valence-electron chi connectivity index (χ2n) is 5.32. The van der Waals surface area contributed by atoms with Gasteiger partial charge in [0.1, 0.15) is 12.4 Å². The normalized spacial score (nSPS) is 12.2. The average molecular weight is 278 g/mol. The summed E-state index contributed by atoms with van der Waals surface area (Å²) in [4.78, 5) is 11.7. The van der Waals surface area contributed by atoms with Crippen LogP contribution in [0, 0.1) is 5.92 Å². The SMILES string of the molecule is CNCC(C)C(=O)NCCOc1ccc(C(C)C)cc1. The molecule has 1 unspecified atom stereocenters. The minimum atomic E-state index is -0.0228. The first-order chi connectivity index (χ1) is 9.54. The Kier molecular flexibility index (Phi) is 7.09. The van der Waals surface area contributed by atoms with E-state index in [4.69, 9.17) is 4.74 Å². The van der Waals surface area contributed by atoms with E-state index in [1.54, 1.807) is 0 Å². The molecule has 0 aliphatic heterocycles. The third-order valence-corrected chi connectivity index (χ3v) is 3.17. The maximum Gasteiger partial charge on any atom is 0.224 e. The molecule has 1 rings (SSSR count). The molecule has 2 N–H and O–H groups in total. The van der Waals surface area contributed by atoms with Gasteiger partial charge in [0, 0.05) is 12.5 Å². The molecule has 0 radical (unpaired) electrons. The van der Waals surface area contributed by atoms with Gasteiger partial charge in [0.2, 0.25) is 5.91 Å². The molecule has 0 heterocycles. The van der Waals surface area contributed by atoms with Crippen LogP contribution in [0.1, 0.15) is 32.3 Å². The second-order valence-corrected chi connectivity index (χ2v) is 5.32. The minimum Gasteiger partial charge on any atom is -0.492 e. The van der Waals surface area contributed by atoms with Crippen LogP contribution >= 0.6 is 0 Å². The molecule has 1 amide bonds. The second kappa shape index (κ2) is 8.59. The average Bonchev–Trinajstić information content (AvgIpc) is 2.44. The summed E-state index contributed by atoms with van der Waals surface area (Å²) >= 11 is 0. The first kappa shape index (κ1) is 16.5. The summed E-state index contributed by atoms with van der Waals surface area (Å²) in [5.41, 5.74) is 1.30. The fourth-order valence-corrected chi connectivity index (χ4v) is 1.87. The van der Waals surface area contributed by atoms with Gasteiger partial charge in [-0.05, 0) is 30.7 Å². The van der Waals surface area contributed by atoms with Crippen molar-refractivity contribution < 1.29 is 9.53 Å². The van der Waals surface area contributed by atoms with Crippen LogP contribution in [0.5, 0.6) is 5.75 Å². The third-order valence-electron chi connectivity index (χ3n) is 3.17. The summed E-state index contributed by atoms with van der Waals surface area (Å²) in [6.07, 6.45) is 0. The van der Waals surface area contributed by atoms with Crippen LogP contribution in [0.25, 0.3) is 0 Å². The van der Waals surface area contributed by atoms with Crippen molar-refractivity contribution >= 4 is 5.91 Å². The maximum absolute atomic E-state index is 11.7. The van der Waals surface area contributed by atoms with E-state index in [1.165, 1.54) is 5.56 Å². The van der Waals surface area contributed by atoms with Crippen molar-refractivity contribution in [2.75, 3.05) is 26.7 Å². The van der Waals surface area contributed by atoms with Crippen molar-refractivity contribution in [2.24, 2.45) is 5.92 Å². The molecule has 20 heavy (non-hydrogen) atoms. The Balaban J connectivity index is 2.25. The number of amides is 1. The van der Waals surface area contributed by atoms with Crippen LogP contribution in [0.15, 0.2) is 24.3 Å². The molecule has 0 fully saturated rings. The van der Waals surface area contributed by atoms with E-state index in [9.17, 15) is 4.79 Å². The molecule has 1 aromatic carbocycles. The molecule has 0 aliphatic rings. The molecule has 112 valence electrons. The molecule has 0 aromatic heterocycles. The highest BCUT2D eigenvalue weighted by Gasteiger charge is 2.10. The van der Waals surface area contributed by atoms with Gasteiger partial charge in [0.05, 0.1) is 6.54 Å². The number of benzene rings is 1. The number of rotatable bonds is 8. The molecule has 1 aromatic rings. The quantitative estimate of drug-likeness (QED) is 0.717. The van der Waals surface area contributed by atoms with Gasteiger partial charge in [-0.2, -0.15) is 0 Å². The summed E-state index contributed by atoms with van der Waals surface area (Å²) in [5, 5.41) is 5.85. The first-order valence-electron chi connectivity index (χ1n) is 7.19. The number of hydrogen-bond donors (Lipinski definition) is 2. The van der Waals surface area contributed by atoms with Crippen molar-refractivity contribution in [1.29, 1.82) is 0 Å². The fraction of sp³-hybridized carbons (Fsp3) is 0.562. The van der Waals surface area contributed by atoms with Crippen LogP contribution in [0.4, 0.5) is 0 Å². The van der Waals surface area contributed by atoms with Gasteiger partial charge in [-0.25, -0.2) is 0 Å². The Labute approximate surface area is 121 Å². The van der Waals surface area contributed by atoms with E-state index >= 15 is 0 Å². The minimum absolute atomic E-state index is 0.0228. The molecule has 0 aliphatic carbocycles. The van der Waals surface area contributed by atoms with Crippen molar-refractivity contribution in [2.45, 2.75) is 26.7 Å². The summed E-state index contributed by atoms with van der Waals surface area (Å²) < 4.78 is 5.60. The molecule has 0 saturated carbocycles. The Bertz CT molecular complexity index is 401. The zero-order chi connectivity index (χ0) is 15.0. The van der Waals surface area contributed by atoms with Crippen molar-refractivity contribution in [3.63, 3.8) is 0 Å². The zero-order valence-electron chi connectivity index (χ0n) is 12.9. The smallest absolute Gasteiger partial charge is 0.224 e. The lowest BCUT2D eigenvalue weighted by molar-refractivity contribution is -0.124. The topological polar surface area (TPSA) is 50.4 Å². The monoisotopic (exact) mass is 278 g/mol. The van der Waals surface area contributed by atoms with Gasteiger partial charge >= 0.3 is 0 Å². The Morgan fingerprint density at radius 3 is 2.40 bits per heavy atom. The van der Waals surface area contributed by atoms with Crippen molar-refractivity contribution in [1.82, 2.24) is 10.6 Å². The number of nitrogens with one attached hydrogen (secondary N) is 2. The standard InChI is InChI=1S/C16H26N2O2/c1-12(2)14-5-7-15(8-6-14)20-10-9-18-16(19)13(3)11-17-4/h5-8,12-13,17H,9-11H2,1-4H3,(H,18,19). The summed E-state index contributed by atoms with van der Waals surface area (Å²) in [7, 11) is 1.84. The molecule has 4 nitrogen and oxygen atoms in total. The molecule has 0 saturated heterocycles. The predicted octanol–water partition coefficient (Wildman–Crippen LogP) is 2.16. The third kappa shape index (κ3) is 5.61. The summed E-state index contributed by atoms with van der Waals surface area (Å²) in [6, 6.07) is 8.10. The van der Waals surface area contributed by atoms with Crippen LogP contribution in [-0.4, -0.2) is 32.7 Å². The lowest BCUT2D eigenvalue weighted by Crippen LogP contribution is -2.36. The Morgan fingerprint density at radius 2 is 1.85 bits per heavy atom. The van der Waals surface area contributed by atoms with Gasteiger partial charge in [-0.15, -0.1) is 0 Å². The maximum atomic E-state index is 11.7. The molecule has 4 heteroatoms. The van der Waals surface area contributed by atoms with Crippen LogP contribution in [0.2, 0.25) is 0 Å². The molecule has 0 bridgehead atoms. The number of carbonyl (C=O) groups excluding carboxylic acids is 1. The van der Waals surface area contributed by atoms with E-state index in [2.05, 4.69) is 36.6 Å². The van der Waals surface area contributed by atoms with Crippen LogP contribution in [-0.2, 0) is 4.79 Å². The van der Waals surface area contributed by atoms with Gasteiger partial charge in [0.25, 0.3) is 0 Å². The van der Waals surface area contributed by atoms with E-state index in [0.717, 1.165) is 5.75 Å². The van der Waals surface area contributed by atoms with Gasteiger partial charge in [-0.1, -0.05) is 32.9 Å². The molecule has 0 spiro atoms. The summed E-state index contributed by atoms with van der Waals surface area (Å²) in [5.74, 6) is 1.40.